The van der Waals surface area contributed by atoms with Crippen molar-refractivity contribution in [3.05, 3.63) is 71.8 Å². The second-order valence-electron chi connectivity index (χ2n) is 6.52. The van der Waals surface area contributed by atoms with Gasteiger partial charge in [0.15, 0.2) is 6.10 Å². The summed E-state index contributed by atoms with van der Waals surface area (Å²) in [5.74, 6) is 2.54. The number of carbonyl (C=O) groups is 1. The highest BCUT2D eigenvalue weighted by Crippen LogP contribution is 2.26. The molecule has 0 radical (unpaired) electrons. The molecule has 0 unspecified atom stereocenters. The van der Waals surface area contributed by atoms with E-state index in [9.17, 15) is 4.79 Å². The van der Waals surface area contributed by atoms with Crippen LogP contribution in [0, 0.1) is 12.3 Å². The molecular formula is C24H28O2. The average molecular weight is 348 g/mol. The number of hydrogen-bond acceptors (Lipinski definition) is 2. The van der Waals surface area contributed by atoms with Gasteiger partial charge >= 0.3 is 5.97 Å². The van der Waals surface area contributed by atoms with Crippen LogP contribution in [0.3, 0.4) is 0 Å². The Morgan fingerprint density at radius 1 is 0.808 bits per heavy atom. The van der Waals surface area contributed by atoms with Gasteiger partial charge in [-0.25, -0.2) is 0 Å². The Kier molecular flexibility index (Phi) is 9.08. The number of rotatable bonds is 11. The van der Waals surface area contributed by atoms with Crippen molar-refractivity contribution in [2.45, 2.75) is 57.5 Å². The molecule has 0 saturated heterocycles. The molecule has 0 heterocycles. The molecule has 0 aromatic heterocycles. The zero-order valence-corrected chi connectivity index (χ0v) is 15.4. The number of unbranched alkanes of at least 4 members (excludes halogenated alkanes) is 6. The van der Waals surface area contributed by atoms with Crippen molar-refractivity contribution < 1.29 is 9.53 Å². The van der Waals surface area contributed by atoms with Crippen LogP contribution in [0.4, 0.5) is 0 Å². The van der Waals surface area contributed by atoms with Gasteiger partial charge in [0, 0.05) is 12.8 Å². The quantitative estimate of drug-likeness (QED) is 0.280. The molecule has 0 amide bonds. The van der Waals surface area contributed by atoms with Crippen LogP contribution < -0.4 is 0 Å². The van der Waals surface area contributed by atoms with Crippen molar-refractivity contribution in [2.24, 2.45) is 0 Å². The Morgan fingerprint density at radius 3 is 1.85 bits per heavy atom. The second-order valence-corrected chi connectivity index (χ2v) is 6.52. The molecule has 0 saturated carbocycles. The van der Waals surface area contributed by atoms with Gasteiger partial charge in [-0.1, -0.05) is 86.3 Å². The molecule has 2 rings (SSSR count). The molecule has 0 aliphatic carbocycles. The Labute approximate surface area is 157 Å². The van der Waals surface area contributed by atoms with E-state index in [1.807, 2.05) is 60.7 Å². The average Bonchev–Trinajstić information content (AvgIpc) is 2.69. The molecule has 0 aliphatic rings. The SMILES string of the molecule is C#CCCCCCCCCC(=O)OC(c1ccccc1)c1ccccc1. The highest BCUT2D eigenvalue weighted by Gasteiger charge is 2.18. The van der Waals surface area contributed by atoms with Crippen molar-refractivity contribution in [1.82, 2.24) is 0 Å². The number of carbonyl (C=O) groups excluding carboxylic acids is 1. The molecule has 2 nitrogen and oxygen atoms in total. The van der Waals surface area contributed by atoms with Gasteiger partial charge in [-0.05, 0) is 24.0 Å². The first-order chi connectivity index (χ1) is 12.8. The standard InChI is InChI=1S/C24H28O2/c1-2-3-4-5-6-7-8-15-20-23(25)26-24(21-16-11-9-12-17-21)22-18-13-10-14-19-22/h1,9-14,16-19,24H,3-8,15,20H2. The van der Waals surface area contributed by atoms with Gasteiger partial charge in [-0.15, -0.1) is 12.3 Å². The van der Waals surface area contributed by atoms with E-state index in [-0.39, 0.29) is 12.1 Å². The predicted molar refractivity (Wildman–Crippen MR) is 107 cm³/mol. The van der Waals surface area contributed by atoms with Crippen LogP contribution in [0.1, 0.15) is 68.6 Å². The molecule has 0 fully saturated rings. The predicted octanol–water partition coefficient (Wildman–Crippen LogP) is 6.07. The van der Waals surface area contributed by atoms with E-state index in [4.69, 9.17) is 11.2 Å². The molecule has 0 spiro atoms. The second kappa shape index (κ2) is 11.9. The lowest BCUT2D eigenvalue weighted by atomic mass is 10.0. The summed E-state index contributed by atoms with van der Waals surface area (Å²) in [5.41, 5.74) is 2.00. The lowest BCUT2D eigenvalue weighted by Gasteiger charge is -2.19. The van der Waals surface area contributed by atoms with Crippen LogP contribution in [0.5, 0.6) is 0 Å². The van der Waals surface area contributed by atoms with Crippen LogP contribution in [0.25, 0.3) is 0 Å². The zero-order valence-electron chi connectivity index (χ0n) is 15.4. The fourth-order valence-corrected chi connectivity index (χ4v) is 2.98. The summed E-state index contributed by atoms with van der Waals surface area (Å²) in [5, 5.41) is 0. The fraction of sp³-hybridized carbons (Fsp3) is 0.375. The summed E-state index contributed by atoms with van der Waals surface area (Å²) in [4.78, 5) is 12.3. The lowest BCUT2D eigenvalue weighted by Crippen LogP contribution is -2.12. The molecule has 0 N–H and O–H groups in total. The highest BCUT2D eigenvalue weighted by atomic mass is 16.5. The van der Waals surface area contributed by atoms with Gasteiger partial charge < -0.3 is 4.74 Å². The fourth-order valence-electron chi connectivity index (χ4n) is 2.98. The van der Waals surface area contributed by atoms with Crippen molar-refractivity contribution in [1.29, 1.82) is 0 Å². The van der Waals surface area contributed by atoms with Gasteiger partial charge in [-0.2, -0.15) is 0 Å². The van der Waals surface area contributed by atoms with Gasteiger partial charge in [0.1, 0.15) is 0 Å². The van der Waals surface area contributed by atoms with E-state index < -0.39 is 0 Å². The summed E-state index contributed by atoms with van der Waals surface area (Å²) >= 11 is 0. The van der Waals surface area contributed by atoms with E-state index in [1.54, 1.807) is 0 Å². The molecule has 136 valence electrons. The first kappa shape index (κ1) is 19.8. The van der Waals surface area contributed by atoms with Crippen molar-refractivity contribution >= 4 is 5.97 Å². The number of ether oxygens (including phenoxy) is 1. The molecule has 0 bridgehead atoms. The molecule has 2 aromatic rings. The molecular weight excluding hydrogens is 320 g/mol. The first-order valence-electron chi connectivity index (χ1n) is 9.54. The molecule has 2 heteroatoms. The van der Waals surface area contributed by atoms with Gasteiger partial charge in [0.05, 0.1) is 0 Å². The lowest BCUT2D eigenvalue weighted by molar-refractivity contribution is -0.147. The summed E-state index contributed by atoms with van der Waals surface area (Å²) in [6, 6.07) is 19.8. The van der Waals surface area contributed by atoms with Crippen LogP contribution in [0.2, 0.25) is 0 Å². The Bertz CT molecular complexity index is 631. The summed E-state index contributed by atoms with van der Waals surface area (Å²) in [6.07, 6.45) is 12.8. The van der Waals surface area contributed by atoms with Crippen LogP contribution >= 0.6 is 0 Å². The number of hydrogen-bond donors (Lipinski definition) is 0. The normalized spacial score (nSPS) is 10.5. The van der Waals surface area contributed by atoms with E-state index in [1.165, 1.54) is 12.8 Å². The molecule has 26 heavy (non-hydrogen) atoms. The maximum absolute atomic E-state index is 12.3. The largest absolute Gasteiger partial charge is 0.453 e. The third kappa shape index (κ3) is 7.15. The molecule has 0 aliphatic heterocycles. The highest BCUT2D eigenvalue weighted by molar-refractivity contribution is 5.70. The van der Waals surface area contributed by atoms with Crippen molar-refractivity contribution in [3.63, 3.8) is 0 Å². The Hall–Kier alpha value is -2.53. The van der Waals surface area contributed by atoms with E-state index >= 15 is 0 Å². The van der Waals surface area contributed by atoms with E-state index in [2.05, 4.69) is 5.92 Å². The van der Waals surface area contributed by atoms with Gasteiger partial charge in [0.25, 0.3) is 0 Å². The van der Waals surface area contributed by atoms with Gasteiger partial charge in [-0.3, -0.25) is 4.79 Å². The van der Waals surface area contributed by atoms with Crippen molar-refractivity contribution in [3.8, 4) is 12.3 Å². The third-order valence-corrected chi connectivity index (χ3v) is 4.41. The maximum Gasteiger partial charge on any atom is 0.306 e. The minimum atomic E-state index is -0.339. The monoisotopic (exact) mass is 348 g/mol. The maximum atomic E-state index is 12.3. The smallest absolute Gasteiger partial charge is 0.306 e. The Morgan fingerprint density at radius 2 is 1.31 bits per heavy atom. The first-order valence-corrected chi connectivity index (χ1v) is 9.54. The van der Waals surface area contributed by atoms with E-state index in [0.717, 1.165) is 43.2 Å². The molecule has 2 aromatic carbocycles. The number of esters is 1. The zero-order chi connectivity index (χ0) is 18.5. The number of benzene rings is 2. The Balaban J connectivity index is 1.79. The summed E-state index contributed by atoms with van der Waals surface area (Å²) < 4.78 is 5.82. The summed E-state index contributed by atoms with van der Waals surface area (Å²) in [7, 11) is 0. The summed E-state index contributed by atoms with van der Waals surface area (Å²) in [6.45, 7) is 0. The van der Waals surface area contributed by atoms with Crippen molar-refractivity contribution in [2.75, 3.05) is 0 Å². The minimum absolute atomic E-state index is 0.130. The topological polar surface area (TPSA) is 26.3 Å². The van der Waals surface area contributed by atoms with Crippen LogP contribution in [-0.2, 0) is 9.53 Å². The third-order valence-electron chi connectivity index (χ3n) is 4.41. The van der Waals surface area contributed by atoms with E-state index in [0.29, 0.717) is 6.42 Å². The van der Waals surface area contributed by atoms with Crippen LogP contribution in [0.15, 0.2) is 60.7 Å². The number of terminal acetylenes is 1. The van der Waals surface area contributed by atoms with Crippen LogP contribution in [-0.4, -0.2) is 5.97 Å². The van der Waals surface area contributed by atoms with Gasteiger partial charge in [0.2, 0.25) is 0 Å². The minimum Gasteiger partial charge on any atom is -0.453 e. The molecule has 0 atom stereocenters.